The number of rotatable bonds is 4. The summed E-state index contributed by atoms with van der Waals surface area (Å²) < 4.78 is 0. The summed E-state index contributed by atoms with van der Waals surface area (Å²) in [5.41, 5.74) is 6.36. The molecule has 3 N–H and O–H groups in total. The molecular formula is C12H18N4O. The van der Waals surface area contributed by atoms with E-state index >= 15 is 0 Å². The van der Waals surface area contributed by atoms with Crippen LogP contribution in [0.4, 0.5) is 5.69 Å². The van der Waals surface area contributed by atoms with Crippen LogP contribution in [0, 0.1) is 5.92 Å². The van der Waals surface area contributed by atoms with Crippen molar-refractivity contribution in [2.24, 2.45) is 5.92 Å². The maximum Gasteiger partial charge on any atom is 0.272 e. The second-order valence-electron chi connectivity index (χ2n) is 4.84. The third-order valence-electron chi connectivity index (χ3n) is 2.82. The fourth-order valence-electron chi connectivity index (χ4n) is 1.51. The van der Waals surface area contributed by atoms with Gasteiger partial charge in [-0.1, -0.05) is 13.8 Å². The highest BCUT2D eigenvalue weighted by Gasteiger charge is 2.23. The van der Waals surface area contributed by atoms with Crippen molar-refractivity contribution in [1.29, 1.82) is 0 Å². The van der Waals surface area contributed by atoms with Crippen LogP contribution in [0.15, 0.2) is 6.20 Å². The van der Waals surface area contributed by atoms with Crippen molar-refractivity contribution in [3.8, 4) is 0 Å². The number of aromatic nitrogens is 2. The Morgan fingerprint density at radius 2 is 2.29 bits per heavy atom. The molecule has 1 fully saturated rings. The zero-order valence-electron chi connectivity index (χ0n) is 10.2. The first kappa shape index (κ1) is 11.8. The molecule has 0 aliphatic heterocycles. The summed E-state index contributed by atoms with van der Waals surface area (Å²) in [5, 5.41) is 2.86. The topological polar surface area (TPSA) is 80.9 Å². The maximum absolute atomic E-state index is 11.9. The summed E-state index contributed by atoms with van der Waals surface area (Å²) in [4.78, 5) is 20.2. The molecule has 5 nitrogen and oxygen atoms in total. The third-order valence-corrected chi connectivity index (χ3v) is 2.82. The van der Waals surface area contributed by atoms with Crippen LogP contribution in [-0.2, 0) is 0 Å². The molecule has 1 aliphatic rings. The van der Waals surface area contributed by atoms with E-state index in [1.807, 2.05) is 13.8 Å². The summed E-state index contributed by atoms with van der Waals surface area (Å²) in [6.45, 7) is 4.69. The highest BCUT2D eigenvalue weighted by molar-refractivity contribution is 5.96. The zero-order chi connectivity index (χ0) is 12.4. The van der Waals surface area contributed by atoms with E-state index in [1.54, 1.807) is 0 Å². The summed E-state index contributed by atoms with van der Waals surface area (Å²) in [6.07, 6.45) is 3.92. The van der Waals surface area contributed by atoms with Gasteiger partial charge in [-0.25, -0.2) is 9.97 Å². The Balaban J connectivity index is 2.11. The number of nitrogens with two attached hydrogens (primary N) is 1. The fraction of sp³-hybridized carbons (Fsp3) is 0.583. The SMILES string of the molecule is CC(C)c1ncc(N)c(C(=O)NCC2CC2)n1. The van der Waals surface area contributed by atoms with Gasteiger partial charge < -0.3 is 11.1 Å². The molecule has 92 valence electrons. The fourth-order valence-corrected chi connectivity index (χ4v) is 1.51. The van der Waals surface area contributed by atoms with Crippen LogP contribution < -0.4 is 11.1 Å². The van der Waals surface area contributed by atoms with Crippen LogP contribution in [0.2, 0.25) is 0 Å². The predicted octanol–water partition coefficient (Wildman–Crippen LogP) is 1.32. The monoisotopic (exact) mass is 234 g/mol. The Morgan fingerprint density at radius 3 is 2.88 bits per heavy atom. The first-order chi connectivity index (χ1) is 8.08. The second-order valence-corrected chi connectivity index (χ2v) is 4.84. The smallest absolute Gasteiger partial charge is 0.272 e. The van der Waals surface area contributed by atoms with Gasteiger partial charge >= 0.3 is 0 Å². The normalized spacial score (nSPS) is 15.0. The van der Waals surface area contributed by atoms with Crippen LogP contribution >= 0.6 is 0 Å². The molecule has 0 aromatic carbocycles. The van der Waals surface area contributed by atoms with E-state index in [2.05, 4.69) is 15.3 Å². The first-order valence-corrected chi connectivity index (χ1v) is 5.98. The summed E-state index contributed by atoms with van der Waals surface area (Å²) in [5.74, 6) is 1.28. The van der Waals surface area contributed by atoms with Gasteiger partial charge in [-0.05, 0) is 18.8 Å². The lowest BCUT2D eigenvalue weighted by molar-refractivity contribution is 0.0947. The highest BCUT2D eigenvalue weighted by Crippen LogP contribution is 2.27. The van der Waals surface area contributed by atoms with Gasteiger partial charge in [0.1, 0.15) is 5.82 Å². The van der Waals surface area contributed by atoms with E-state index in [-0.39, 0.29) is 11.8 Å². The molecule has 1 saturated carbocycles. The Morgan fingerprint density at radius 1 is 1.59 bits per heavy atom. The molecular weight excluding hydrogens is 216 g/mol. The largest absolute Gasteiger partial charge is 0.396 e. The Kier molecular flexibility index (Phi) is 3.26. The van der Waals surface area contributed by atoms with Crippen LogP contribution in [0.5, 0.6) is 0 Å². The van der Waals surface area contributed by atoms with Gasteiger partial charge in [-0.3, -0.25) is 4.79 Å². The van der Waals surface area contributed by atoms with Crippen molar-refractivity contribution in [3.63, 3.8) is 0 Å². The number of carbonyl (C=O) groups excluding carboxylic acids is 1. The minimum Gasteiger partial charge on any atom is -0.396 e. The van der Waals surface area contributed by atoms with Gasteiger partial charge in [-0.15, -0.1) is 0 Å². The minimum absolute atomic E-state index is 0.186. The average molecular weight is 234 g/mol. The van der Waals surface area contributed by atoms with Crippen LogP contribution in [0.25, 0.3) is 0 Å². The number of hydrogen-bond acceptors (Lipinski definition) is 4. The Labute approximate surface area is 101 Å². The van der Waals surface area contributed by atoms with E-state index in [9.17, 15) is 4.79 Å². The maximum atomic E-state index is 11.9. The molecule has 1 heterocycles. The van der Waals surface area contributed by atoms with E-state index in [1.165, 1.54) is 19.0 Å². The molecule has 0 bridgehead atoms. The Bertz CT molecular complexity index is 427. The van der Waals surface area contributed by atoms with E-state index in [0.29, 0.717) is 23.1 Å². The minimum atomic E-state index is -0.196. The third kappa shape index (κ3) is 2.93. The van der Waals surface area contributed by atoms with Gasteiger partial charge in [0.05, 0.1) is 11.9 Å². The number of carbonyl (C=O) groups is 1. The molecule has 5 heteroatoms. The molecule has 0 saturated heterocycles. The van der Waals surface area contributed by atoms with Gasteiger partial charge in [0.25, 0.3) is 5.91 Å². The number of nitrogens with one attached hydrogen (secondary N) is 1. The van der Waals surface area contributed by atoms with E-state index in [4.69, 9.17) is 5.73 Å². The van der Waals surface area contributed by atoms with Gasteiger partial charge in [0.15, 0.2) is 5.69 Å². The van der Waals surface area contributed by atoms with Crippen molar-refractivity contribution < 1.29 is 4.79 Å². The zero-order valence-corrected chi connectivity index (χ0v) is 10.2. The highest BCUT2D eigenvalue weighted by atomic mass is 16.1. The molecule has 0 atom stereocenters. The molecule has 17 heavy (non-hydrogen) atoms. The van der Waals surface area contributed by atoms with Crippen molar-refractivity contribution in [3.05, 3.63) is 17.7 Å². The van der Waals surface area contributed by atoms with E-state index in [0.717, 1.165) is 6.54 Å². The number of amides is 1. The summed E-state index contributed by atoms with van der Waals surface area (Å²) in [6, 6.07) is 0. The molecule has 1 amide bonds. The van der Waals surface area contributed by atoms with Crippen molar-refractivity contribution in [2.45, 2.75) is 32.6 Å². The van der Waals surface area contributed by atoms with Gasteiger partial charge in [0.2, 0.25) is 0 Å². The van der Waals surface area contributed by atoms with Crippen molar-refractivity contribution in [1.82, 2.24) is 15.3 Å². The summed E-state index contributed by atoms with van der Waals surface area (Å²) in [7, 11) is 0. The Hall–Kier alpha value is -1.65. The molecule has 0 spiro atoms. The van der Waals surface area contributed by atoms with Crippen molar-refractivity contribution in [2.75, 3.05) is 12.3 Å². The second kappa shape index (κ2) is 4.69. The van der Waals surface area contributed by atoms with Crippen LogP contribution in [0.1, 0.15) is 48.9 Å². The lowest BCUT2D eigenvalue weighted by Gasteiger charge is -2.09. The predicted molar refractivity (Wildman–Crippen MR) is 65.6 cm³/mol. The quantitative estimate of drug-likeness (QED) is 0.823. The van der Waals surface area contributed by atoms with Crippen LogP contribution in [0.3, 0.4) is 0 Å². The molecule has 1 aromatic rings. The lowest BCUT2D eigenvalue weighted by Crippen LogP contribution is -2.28. The number of nitrogens with zero attached hydrogens (tertiary/aromatic N) is 2. The first-order valence-electron chi connectivity index (χ1n) is 5.98. The molecule has 1 aliphatic carbocycles. The van der Waals surface area contributed by atoms with Crippen LogP contribution in [-0.4, -0.2) is 22.4 Å². The van der Waals surface area contributed by atoms with Gasteiger partial charge in [0, 0.05) is 12.5 Å². The standard InChI is InChI=1S/C12H18N4O/c1-7(2)11-14-6-9(13)10(16-11)12(17)15-5-8-3-4-8/h6-8H,3-5,13H2,1-2H3,(H,15,17). The molecule has 0 radical (unpaired) electrons. The average Bonchev–Trinajstić information content (AvgIpc) is 3.10. The molecule has 0 unspecified atom stereocenters. The number of hydrogen-bond donors (Lipinski definition) is 2. The molecule has 1 aromatic heterocycles. The lowest BCUT2D eigenvalue weighted by atomic mass is 10.2. The van der Waals surface area contributed by atoms with Gasteiger partial charge in [-0.2, -0.15) is 0 Å². The number of nitrogen functional groups attached to an aromatic ring is 1. The van der Waals surface area contributed by atoms with Crippen molar-refractivity contribution >= 4 is 11.6 Å². The summed E-state index contributed by atoms with van der Waals surface area (Å²) >= 11 is 0. The number of anilines is 1. The van der Waals surface area contributed by atoms with E-state index < -0.39 is 0 Å². The molecule has 2 rings (SSSR count).